The van der Waals surface area contributed by atoms with Crippen molar-refractivity contribution in [3.05, 3.63) is 41.0 Å². The van der Waals surface area contributed by atoms with Gasteiger partial charge in [-0.3, -0.25) is 0 Å². The minimum absolute atomic E-state index is 0.114. The maximum Gasteiger partial charge on any atom is 0.0503 e. The Hall–Kier alpha value is -1.16. The Morgan fingerprint density at radius 1 is 0.952 bits per heavy atom. The first-order valence-electron chi connectivity index (χ1n) is 7.98. The highest BCUT2D eigenvalue weighted by atomic mass is 16.5. The van der Waals surface area contributed by atoms with Gasteiger partial charge in [0.1, 0.15) is 0 Å². The second-order valence-corrected chi connectivity index (χ2v) is 6.13. The molecule has 0 atom stereocenters. The summed E-state index contributed by atoms with van der Waals surface area (Å²) in [7, 11) is 0. The average molecular weight is 287 g/mol. The Balaban J connectivity index is 1.76. The molecule has 2 aliphatic heterocycles. The second-order valence-electron chi connectivity index (χ2n) is 6.13. The van der Waals surface area contributed by atoms with Crippen molar-refractivity contribution >= 4 is 6.08 Å². The Morgan fingerprint density at radius 2 is 1.57 bits per heavy atom. The first-order chi connectivity index (χ1) is 10.3. The van der Waals surface area contributed by atoms with Gasteiger partial charge in [0.05, 0.1) is 13.2 Å². The molecule has 3 heteroatoms. The third-order valence-corrected chi connectivity index (χ3v) is 4.87. The molecule has 0 amide bonds. The van der Waals surface area contributed by atoms with Crippen LogP contribution in [-0.2, 0) is 14.9 Å². The highest BCUT2D eigenvalue weighted by Gasteiger charge is 2.32. The number of hydrogen-bond acceptors (Lipinski definition) is 3. The maximum atomic E-state index is 6.08. The number of benzene rings is 1. The molecule has 2 saturated heterocycles. The molecule has 0 aliphatic carbocycles. The van der Waals surface area contributed by atoms with Crippen molar-refractivity contribution < 1.29 is 9.47 Å². The average Bonchev–Trinajstić information content (AvgIpc) is 2.57. The van der Waals surface area contributed by atoms with Crippen LogP contribution >= 0.6 is 0 Å². The number of nitrogens with two attached hydrogens (primary N) is 1. The molecule has 1 aromatic rings. The summed E-state index contributed by atoms with van der Waals surface area (Å²) in [5.74, 6) is 0. The van der Waals surface area contributed by atoms with Crippen LogP contribution in [0.1, 0.15) is 36.8 Å². The van der Waals surface area contributed by atoms with Gasteiger partial charge in [0.15, 0.2) is 0 Å². The van der Waals surface area contributed by atoms with Crippen LogP contribution in [-0.4, -0.2) is 33.0 Å². The fourth-order valence-corrected chi connectivity index (χ4v) is 3.32. The summed E-state index contributed by atoms with van der Waals surface area (Å²) in [4.78, 5) is 0. The molecule has 2 heterocycles. The molecule has 3 nitrogen and oxygen atoms in total. The van der Waals surface area contributed by atoms with Gasteiger partial charge in [0.2, 0.25) is 0 Å². The predicted molar refractivity (Wildman–Crippen MR) is 85.3 cm³/mol. The van der Waals surface area contributed by atoms with Crippen molar-refractivity contribution in [2.75, 3.05) is 33.0 Å². The van der Waals surface area contributed by atoms with Crippen LogP contribution in [0.4, 0.5) is 0 Å². The number of hydrogen-bond donors (Lipinski definition) is 1. The van der Waals surface area contributed by atoms with Gasteiger partial charge in [-0.2, -0.15) is 0 Å². The Morgan fingerprint density at radius 3 is 2.19 bits per heavy atom. The lowest BCUT2D eigenvalue weighted by Gasteiger charge is -2.36. The molecular weight excluding hydrogens is 262 g/mol. The van der Waals surface area contributed by atoms with E-state index in [0.29, 0.717) is 6.54 Å². The lowest BCUT2D eigenvalue weighted by molar-refractivity contribution is 0.0529. The predicted octanol–water partition coefficient (Wildman–Crippen LogP) is 2.89. The summed E-state index contributed by atoms with van der Waals surface area (Å²) >= 11 is 0. The lowest BCUT2D eigenvalue weighted by Crippen LogP contribution is -2.40. The number of rotatable bonds is 3. The molecule has 1 aromatic carbocycles. The summed E-state index contributed by atoms with van der Waals surface area (Å²) in [6, 6.07) is 8.96. The molecule has 0 saturated carbocycles. The molecule has 114 valence electrons. The van der Waals surface area contributed by atoms with Gasteiger partial charge in [-0.1, -0.05) is 35.9 Å². The van der Waals surface area contributed by atoms with Crippen molar-refractivity contribution in [2.24, 2.45) is 5.73 Å². The molecule has 2 N–H and O–H groups in total. The third-order valence-electron chi connectivity index (χ3n) is 4.87. The van der Waals surface area contributed by atoms with Gasteiger partial charge in [-0.25, -0.2) is 0 Å². The summed E-state index contributed by atoms with van der Waals surface area (Å²) in [5, 5.41) is 0. The van der Waals surface area contributed by atoms with Gasteiger partial charge in [-0.15, -0.1) is 0 Å². The fourth-order valence-electron chi connectivity index (χ4n) is 3.32. The first-order valence-corrected chi connectivity index (χ1v) is 7.98. The van der Waals surface area contributed by atoms with E-state index in [1.807, 2.05) is 0 Å². The van der Waals surface area contributed by atoms with Crippen LogP contribution in [0.5, 0.6) is 0 Å². The smallest absolute Gasteiger partial charge is 0.0503 e. The van der Waals surface area contributed by atoms with E-state index < -0.39 is 0 Å². The zero-order valence-corrected chi connectivity index (χ0v) is 12.6. The molecule has 0 spiro atoms. The van der Waals surface area contributed by atoms with Crippen LogP contribution in [0, 0.1) is 0 Å². The van der Waals surface area contributed by atoms with Crippen LogP contribution in [0.15, 0.2) is 29.8 Å². The van der Waals surface area contributed by atoms with E-state index in [4.69, 9.17) is 15.2 Å². The minimum atomic E-state index is 0.114. The van der Waals surface area contributed by atoms with E-state index in [9.17, 15) is 0 Å². The van der Waals surface area contributed by atoms with Crippen molar-refractivity contribution in [2.45, 2.75) is 31.1 Å². The topological polar surface area (TPSA) is 44.5 Å². The van der Waals surface area contributed by atoms with E-state index in [0.717, 1.165) is 52.1 Å². The summed E-state index contributed by atoms with van der Waals surface area (Å²) in [6.07, 6.45) is 6.49. The van der Waals surface area contributed by atoms with Gasteiger partial charge in [-0.05, 0) is 36.8 Å². The van der Waals surface area contributed by atoms with E-state index in [-0.39, 0.29) is 5.41 Å². The molecular formula is C18H25NO2. The van der Waals surface area contributed by atoms with Crippen LogP contribution in [0.2, 0.25) is 0 Å². The molecule has 0 radical (unpaired) electrons. The summed E-state index contributed by atoms with van der Waals surface area (Å²) in [6.45, 7) is 4.07. The van der Waals surface area contributed by atoms with Crippen molar-refractivity contribution in [1.29, 1.82) is 0 Å². The SMILES string of the molecule is NCC1(c2ccc(C=C3CCOCC3)cc2)CCOCC1. The van der Waals surface area contributed by atoms with E-state index >= 15 is 0 Å². The highest BCUT2D eigenvalue weighted by molar-refractivity contribution is 5.54. The van der Waals surface area contributed by atoms with Crippen LogP contribution in [0.3, 0.4) is 0 Å². The molecule has 0 bridgehead atoms. The van der Waals surface area contributed by atoms with Gasteiger partial charge < -0.3 is 15.2 Å². The maximum absolute atomic E-state index is 6.08. The van der Waals surface area contributed by atoms with Crippen LogP contribution in [0.25, 0.3) is 6.08 Å². The largest absolute Gasteiger partial charge is 0.381 e. The van der Waals surface area contributed by atoms with Gasteiger partial charge in [0, 0.05) is 25.2 Å². The third kappa shape index (κ3) is 3.37. The van der Waals surface area contributed by atoms with E-state index in [2.05, 4.69) is 30.3 Å². The fraction of sp³-hybridized carbons (Fsp3) is 0.556. The Kier molecular flexibility index (Phi) is 4.73. The lowest BCUT2D eigenvalue weighted by atomic mass is 9.74. The van der Waals surface area contributed by atoms with E-state index in [1.165, 1.54) is 16.7 Å². The first kappa shape index (κ1) is 14.8. The monoisotopic (exact) mass is 287 g/mol. The molecule has 2 aliphatic rings. The summed E-state index contributed by atoms with van der Waals surface area (Å²) < 4.78 is 10.9. The standard InChI is InChI=1S/C18H25NO2/c19-14-18(7-11-21-12-8-18)17-3-1-15(2-4-17)13-16-5-9-20-10-6-16/h1-4,13H,5-12,14,19H2. The molecule has 0 unspecified atom stereocenters. The second kappa shape index (κ2) is 6.73. The molecule has 21 heavy (non-hydrogen) atoms. The normalized spacial score (nSPS) is 22.0. The van der Waals surface area contributed by atoms with Crippen molar-refractivity contribution in [3.8, 4) is 0 Å². The summed E-state index contributed by atoms with van der Waals surface area (Å²) in [5.41, 5.74) is 10.3. The molecule has 0 aromatic heterocycles. The highest BCUT2D eigenvalue weighted by Crippen LogP contribution is 2.34. The molecule has 3 rings (SSSR count). The Bertz CT molecular complexity index is 478. The zero-order valence-electron chi connectivity index (χ0n) is 12.6. The Labute approximate surface area is 127 Å². The van der Waals surface area contributed by atoms with Gasteiger partial charge >= 0.3 is 0 Å². The van der Waals surface area contributed by atoms with Crippen molar-refractivity contribution in [3.63, 3.8) is 0 Å². The number of ether oxygens (including phenoxy) is 2. The molecule has 2 fully saturated rings. The zero-order chi connectivity index (χ0) is 14.5. The van der Waals surface area contributed by atoms with E-state index in [1.54, 1.807) is 0 Å². The minimum Gasteiger partial charge on any atom is -0.381 e. The quantitative estimate of drug-likeness (QED) is 0.929. The van der Waals surface area contributed by atoms with Crippen molar-refractivity contribution in [1.82, 2.24) is 0 Å². The van der Waals surface area contributed by atoms with Crippen LogP contribution < -0.4 is 5.73 Å². The van der Waals surface area contributed by atoms with Gasteiger partial charge in [0.25, 0.3) is 0 Å².